The van der Waals surface area contributed by atoms with Crippen molar-refractivity contribution in [3.05, 3.63) is 28.8 Å². The van der Waals surface area contributed by atoms with E-state index in [-0.39, 0.29) is 22.7 Å². The third kappa shape index (κ3) is 2.77. The maximum atomic E-state index is 12.0. The van der Waals surface area contributed by atoms with E-state index in [0.717, 1.165) is 4.90 Å². The van der Waals surface area contributed by atoms with Gasteiger partial charge in [0.15, 0.2) is 0 Å². The molecule has 2 rings (SSSR count). The molecule has 1 aromatic rings. The van der Waals surface area contributed by atoms with Gasteiger partial charge in [-0.15, -0.1) is 0 Å². The molecule has 4 nitrogen and oxygen atoms in total. The number of carbonyl (C=O) groups is 2. The van der Waals surface area contributed by atoms with Crippen molar-refractivity contribution in [1.82, 2.24) is 0 Å². The largest absolute Gasteiger partial charge is 0.389 e. The highest BCUT2D eigenvalue weighted by atomic mass is 35.5. The van der Waals surface area contributed by atoms with Crippen LogP contribution in [0, 0.1) is 5.92 Å². The molecule has 0 radical (unpaired) electrons. The zero-order valence-electron chi connectivity index (χ0n) is 10.4. The van der Waals surface area contributed by atoms with Crippen molar-refractivity contribution in [2.75, 3.05) is 4.90 Å². The molecule has 100 valence electrons. The Kier molecular flexibility index (Phi) is 3.87. The minimum absolute atomic E-state index is 0.0637. The number of thiocarbonyl (C=S) groups is 1. The van der Waals surface area contributed by atoms with Gasteiger partial charge in [-0.05, 0) is 18.1 Å². The first-order valence-electron chi connectivity index (χ1n) is 5.85. The van der Waals surface area contributed by atoms with Crippen molar-refractivity contribution < 1.29 is 9.59 Å². The van der Waals surface area contributed by atoms with E-state index in [1.165, 1.54) is 0 Å². The molecule has 0 aromatic heterocycles. The Morgan fingerprint density at radius 1 is 1.37 bits per heavy atom. The van der Waals surface area contributed by atoms with Crippen molar-refractivity contribution in [2.45, 2.75) is 19.8 Å². The zero-order chi connectivity index (χ0) is 14.2. The lowest BCUT2D eigenvalue weighted by Crippen LogP contribution is -2.43. The molecule has 0 spiro atoms. The van der Waals surface area contributed by atoms with Gasteiger partial charge in [0.2, 0.25) is 11.8 Å². The van der Waals surface area contributed by atoms with Crippen molar-refractivity contribution in [3.63, 3.8) is 0 Å². The molecule has 1 aliphatic heterocycles. The SMILES string of the molecule is CC1CC(=O)N(c2cc(C(N)=S)ccc2Cl)C(=O)C1. The quantitative estimate of drug-likeness (QED) is 0.672. The zero-order valence-corrected chi connectivity index (χ0v) is 11.9. The van der Waals surface area contributed by atoms with Gasteiger partial charge >= 0.3 is 0 Å². The van der Waals surface area contributed by atoms with Gasteiger partial charge in [0, 0.05) is 18.4 Å². The Hall–Kier alpha value is -1.46. The van der Waals surface area contributed by atoms with Gasteiger partial charge in [-0.25, -0.2) is 4.90 Å². The number of carbonyl (C=O) groups excluding carboxylic acids is 2. The van der Waals surface area contributed by atoms with Crippen LogP contribution in [-0.2, 0) is 9.59 Å². The molecule has 1 fully saturated rings. The van der Waals surface area contributed by atoms with Crippen LogP contribution in [0.15, 0.2) is 18.2 Å². The smallest absolute Gasteiger partial charge is 0.234 e. The average Bonchev–Trinajstić information content (AvgIpc) is 2.29. The fourth-order valence-corrected chi connectivity index (χ4v) is 2.43. The fraction of sp³-hybridized carbons (Fsp3) is 0.308. The van der Waals surface area contributed by atoms with E-state index in [2.05, 4.69) is 0 Å². The Labute approximate surface area is 121 Å². The minimum Gasteiger partial charge on any atom is -0.389 e. The number of imide groups is 1. The monoisotopic (exact) mass is 296 g/mol. The summed E-state index contributed by atoms with van der Waals surface area (Å²) in [5, 5.41) is 0.330. The van der Waals surface area contributed by atoms with E-state index in [4.69, 9.17) is 29.6 Å². The number of nitrogens with two attached hydrogens (primary N) is 1. The standard InChI is InChI=1S/C13H13ClN2O2S/c1-7-4-11(17)16(12(18)5-7)10-6-8(13(15)19)2-3-9(10)14/h2-3,6-7H,4-5H2,1H3,(H2,15,19). The first-order valence-corrected chi connectivity index (χ1v) is 6.64. The van der Waals surface area contributed by atoms with E-state index < -0.39 is 0 Å². The van der Waals surface area contributed by atoms with Gasteiger partial charge in [-0.2, -0.15) is 0 Å². The Morgan fingerprint density at radius 2 is 1.95 bits per heavy atom. The molecule has 2 amide bonds. The molecule has 1 aromatic carbocycles. The average molecular weight is 297 g/mol. The maximum Gasteiger partial charge on any atom is 0.234 e. The number of amides is 2. The topological polar surface area (TPSA) is 63.4 Å². The van der Waals surface area contributed by atoms with Gasteiger partial charge < -0.3 is 5.73 Å². The van der Waals surface area contributed by atoms with E-state index in [0.29, 0.717) is 29.1 Å². The van der Waals surface area contributed by atoms with Crippen LogP contribution in [0.5, 0.6) is 0 Å². The van der Waals surface area contributed by atoms with Crippen LogP contribution in [0.1, 0.15) is 25.3 Å². The number of benzene rings is 1. The van der Waals surface area contributed by atoms with Crippen LogP contribution in [0.25, 0.3) is 0 Å². The van der Waals surface area contributed by atoms with Crippen molar-refractivity contribution >= 4 is 46.3 Å². The van der Waals surface area contributed by atoms with Crippen LogP contribution in [0.3, 0.4) is 0 Å². The second kappa shape index (κ2) is 5.27. The van der Waals surface area contributed by atoms with E-state index in [9.17, 15) is 9.59 Å². The van der Waals surface area contributed by atoms with Gasteiger partial charge in [0.05, 0.1) is 10.7 Å². The van der Waals surface area contributed by atoms with E-state index in [1.807, 2.05) is 6.92 Å². The lowest BCUT2D eigenvalue weighted by molar-refractivity contribution is -0.130. The molecular formula is C13H13ClN2O2S. The first-order chi connectivity index (χ1) is 8.90. The van der Waals surface area contributed by atoms with Crippen LogP contribution >= 0.6 is 23.8 Å². The predicted octanol–water partition coefficient (Wildman–Crippen LogP) is 2.26. The first kappa shape index (κ1) is 14.0. The molecule has 1 saturated heterocycles. The van der Waals surface area contributed by atoms with Crippen LogP contribution < -0.4 is 10.6 Å². The highest BCUT2D eigenvalue weighted by molar-refractivity contribution is 7.80. The molecular weight excluding hydrogens is 284 g/mol. The third-order valence-corrected chi connectivity index (χ3v) is 3.57. The van der Waals surface area contributed by atoms with Gasteiger partial charge in [-0.3, -0.25) is 9.59 Å². The highest BCUT2D eigenvalue weighted by Gasteiger charge is 2.32. The predicted molar refractivity (Wildman–Crippen MR) is 78.2 cm³/mol. The molecule has 1 aliphatic rings. The highest BCUT2D eigenvalue weighted by Crippen LogP contribution is 2.31. The molecule has 0 bridgehead atoms. The van der Waals surface area contributed by atoms with Crippen LogP contribution in [-0.4, -0.2) is 16.8 Å². The van der Waals surface area contributed by atoms with Gasteiger partial charge in [0.1, 0.15) is 4.99 Å². The molecule has 2 N–H and O–H groups in total. The second-order valence-corrected chi connectivity index (χ2v) is 5.51. The van der Waals surface area contributed by atoms with Crippen LogP contribution in [0.4, 0.5) is 5.69 Å². The van der Waals surface area contributed by atoms with Crippen LogP contribution in [0.2, 0.25) is 5.02 Å². The Morgan fingerprint density at radius 3 is 2.47 bits per heavy atom. The summed E-state index contributed by atoms with van der Waals surface area (Å²) in [7, 11) is 0. The fourth-order valence-electron chi connectivity index (χ4n) is 2.10. The van der Waals surface area contributed by atoms with Gasteiger partial charge in [-0.1, -0.05) is 36.8 Å². The molecule has 0 unspecified atom stereocenters. The summed E-state index contributed by atoms with van der Waals surface area (Å²) in [5.74, 6) is -0.426. The summed E-state index contributed by atoms with van der Waals surface area (Å²) in [6.07, 6.45) is 0.665. The molecule has 1 heterocycles. The van der Waals surface area contributed by atoms with Crippen molar-refractivity contribution in [1.29, 1.82) is 0 Å². The number of hydrogen-bond acceptors (Lipinski definition) is 3. The Bertz CT molecular complexity index is 556. The minimum atomic E-state index is -0.245. The van der Waals surface area contributed by atoms with E-state index >= 15 is 0 Å². The van der Waals surface area contributed by atoms with Gasteiger partial charge in [0.25, 0.3) is 0 Å². The summed E-state index contributed by atoms with van der Waals surface area (Å²) in [6, 6.07) is 4.83. The van der Waals surface area contributed by atoms with Crippen molar-refractivity contribution in [2.24, 2.45) is 11.7 Å². The summed E-state index contributed by atoms with van der Waals surface area (Å²) in [4.78, 5) is 25.4. The third-order valence-electron chi connectivity index (χ3n) is 3.02. The van der Waals surface area contributed by atoms with Crippen molar-refractivity contribution in [3.8, 4) is 0 Å². The summed E-state index contributed by atoms with van der Waals surface area (Å²) in [5.41, 5.74) is 6.49. The number of rotatable bonds is 2. The number of hydrogen-bond donors (Lipinski definition) is 1. The molecule has 19 heavy (non-hydrogen) atoms. The molecule has 0 atom stereocenters. The molecule has 0 saturated carbocycles. The maximum absolute atomic E-state index is 12.0. The lowest BCUT2D eigenvalue weighted by Gasteiger charge is -2.29. The Balaban J connectivity index is 2.45. The normalized spacial score (nSPS) is 16.8. The molecule has 0 aliphatic carbocycles. The summed E-state index contributed by atoms with van der Waals surface area (Å²) >= 11 is 11.0. The molecule has 6 heteroatoms. The number of halogens is 1. The van der Waals surface area contributed by atoms with E-state index in [1.54, 1.807) is 18.2 Å². The number of nitrogens with zero attached hydrogens (tertiary/aromatic N) is 1. The lowest BCUT2D eigenvalue weighted by atomic mass is 9.97. The number of piperidine rings is 1. The summed E-state index contributed by atoms with van der Waals surface area (Å²) in [6.45, 7) is 1.88. The second-order valence-electron chi connectivity index (χ2n) is 4.67. The summed E-state index contributed by atoms with van der Waals surface area (Å²) < 4.78 is 0. The number of anilines is 1.